The number of carbonyl (C=O) groups is 1. The number of carbonyl (C=O) groups excluding carboxylic acids is 1. The maximum Gasteiger partial charge on any atom is 0.312 e. The quantitative estimate of drug-likeness (QED) is 0.698. The number of halogens is 1. The van der Waals surface area contributed by atoms with Gasteiger partial charge < -0.3 is 15.6 Å². The number of nitrogens with one attached hydrogen (secondary N) is 1. The first-order valence-electron chi connectivity index (χ1n) is 3.30. The van der Waals surface area contributed by atoms with Crippen LogP contribution >= 0.6 is 11.6 Å². The maximum absolute atomic E-state index is 10.3. The van der Waals surface area contributed by atoms with E-state index in [1.165, 1.54) is 6.20 Å². The van der Waals surface area contributed by atoms with E-state index in [0.717, 1.165) is 0 Å². The molecule has 0 saturated carbocycles. The zero-order valence-electron chi connectivity index (χ0n) is 6.54. The summed E-state index contributed by atoms with van der Waals surface area (Å²) < 4.78 is 1.66. The molecule has 0 unspecified atom stereocenters. The van der Waals surface area contributed by atoms with E-state index in [-0.39, 0.29) is 0 Å². The van der Waals surface area contributed by atoms with Gasteiger partial charge in [-0.05, 0) is 0 Å². The van der Waals surface area contributed by atoms with E-state index in [2.05, 4.69) is 10.3 Å². The average Bonchev–Trinajstić information content (AvgIpc) is 2.30. The second-order valence-electron chi connectivity index (χ2n) is 2.27. The van der Waals surface area contributed by atoms with Gasteiger partial charge >= 0.3 is 6.03 Å². The van der Waals surface area contributed by atoms with E-state index >= 15 is 0 Å². The first-order valence-corrected chi connectivity index (χ1v) is 3.68. The van der Waals surface area contributed by atoms with Crippen LogP contribution in [0.3, 0.4) is 0 Å². The molecule has 0 aliphatic rings. The van der Waals surface area contributed by atoms with Gasteiger partial charge in [0.1, 0.15) is 11.0 Å². The minimum Gasteiger partial charge on any atom is -0.352 e. The Morgan fingerprint density at radius 1 is 1.92 bits per heavy atom. The van der Waals surface area contributed by atoms with Gasteiger partial charge in [0.2, 0.25) is 0 Å². The monoisotopic (exact) mass is 188 g/mol. The fourth-order valence-corrected chi connectivity index (χ4v) is 0.901. The summed E-state index contributed by atoms with van der Waals surface area (Å²) >= 11 is 5.70. The summed E-state index contributed by atoms with van der Waals surface area (Å²) in [4.78, 5) is 14.3. The van der Waals surface area contributed by atoms with Crippen molar-refractivity contribution in [1.82, 2.24) is 14.9 Å². The number of hydrogen-bond acceptors (Lipinski definition) is 2. The van der Waals surface area contributed by atoms with Crippen molar-refractivity contribution in [3.63, 3.8) is 0 Å². The maximum atomic E-state index is 10.3. The van der Waals surface area contributed by atoms with E-state index in [4.69, 9.17) is 17.3 Å². The molecule has 1 aromatic heterocycles. The van der Waals surface area contributed by atoms with Crippen LogP contribution in [0.5, 0.6) is 0 Å². The molecule has 1 rings (SSSR count). The molecule has 0 fully saturated rings. The summed E-state index contributed by atoms with van der Waals surface area (Å²) in [5, 5.41) is 2.94. The zero-order valence-corrected chi connectivity index (χ0v) is 7.30. The van der Waals surface area contributed by atoms with Crippen molar-refractivity contribution in [2.75, 3.05) is 0 Å². The normalized spacial score (nSPS) is 9.83. The summed E-state index contributed by atoms with van der Waals surface area (Å²) in [7, 11) is 1.76. The lowest BCUT2D eigenvalue weighted by Gasteiger charge is -2.01. The van der Waals surface area contributed by atoms with Gasteiger partial charge in [0.25, 0.3) is 0 Å². The minimum absolute atomic E-state index is 0.290. The van der Waals surface area contributed by atoms with Crippen LogP contribution in [0, 0.1) is 0 Å². The number of urea groups is 1. The number of hydrogen-bond donors (Lipinski definition) is 2. The molecule has 0 aliphatic carbocycles. The first kappa shape index (κ1) is 8.86. The molecule has 3 N–H and O–H groups in total. The summed E-state index contributed by atoms with van der Waals surface area (Å²) in [6, 6.07) is -0.575. The molecule has 0 radical (unpaired) electrons. The van der Waals surface area contributed by atoms with Gasteiger partial charge in [0, 0.05) is 7.05 Å². The average molecular weight is 189 g/mol. The molecule has 0 aliphatic heterocycles. The molecule has 12 heavy (non-hydrogen) atoms. The highest BCUT2D eigenvalue weighted by atomic mass is 35.5. The molecule has 1 heterocycles. The van der Waals surface area contributed by atoms with Gasteiger partial charge in [-0.2, -0.15) is 0 Å². The van der Waals surface area contributed by atoms with Crippen molar-refractivity contribution in [1.29, 1.82) is 0 Å². The lowest BCUT2D eigenvalue weighted by atomic mass is 10.6. The topological polar surface area (TPSA) is 72.9 Å². The number of nitrogens with two attached hydrogens (primary N) is 1. The number of rotatable bonds is 2. The van der Waals surface area contributed by atoms with Gasteiger partial charge in [-0.15, -0.1) is 0 Å². The van der Waals surface area contributed by atoms with E-state index < -0.39 is 6.03 Å². The third kappa shape index (κ3) is 1.88. The molecule has 1 aromatic rings. The van der Waals surface area contributed by atoms with Crippen LogP contribution in [0.1, 0.15) is 5.82 Å². The van der Waals surface area contributed by atoms with Crippen molar-refractivity contribution in [2.45, 2.75) is 6.54 Å². The zero-order chi connectivity index (χ0) is 9.14. The Hall–Kier alpha value is -1.23. The van der Waals surface area contributed by atoms with Crippen LogP contribution in [0.2, 0.25) is 5.15 Å². The van der Waals surface area contributed by atoms with Gasteiger partial charge in [-0.3, -0.25) is 0 Å². The fourth-order valence-electron chi connectivity index (χ4n) is 0.755. The summed E-state index contributed by atoms with van der Waals surface area (Å²) in [6.45, 7) is 0.290. The van der Waals surface area contributed by atoms with E-state index in [9.17, 15) is 4.79 Å². The van der Waals surface area contributed by atoms with E-state index in [0.29, 0.717) is 17.5 Å². The second kappa shape index (κ2) is 3.44. The number of amides is 2. The van der Waals surface area contributed by atoms with Crippen LogP contribution in [-0.4, -0.2) is 15.6 Å². The Kier molecular flexibility index (Phi) is 2.54. The fraction of sp³-hybridized carbons (Fsp3) is 0.333. The lowest BCUT2D eigenvalue weighted by molar-refractivity contribution is 0.248. The highest BCUT2D eigenvalue weighted by Crippen LogP contribution is 2.08. The highest BCUT2D eigenvalue weighted by Gasteiger charge is 2.03. The Labute approximate surface area is 74.5 Å². The van der Waals surface area contributed by atoms with Gasteiger partial charge in [0.05, 0.1) is 12.7 Å². The minimum atomic E-state index is -0.575. The van der Waals surface area contributed by atoms with Crippen molar-refractivity contribution in [3.8, 4) is 0 Å². The molecule has 0 bridgehead atoms. The van der Waals surface area contributed by atoms with Gasteiger partial charge in [0.15, 0.2) is 0 Å². The van der Waals surface area contributed by atoms with Crippen LogP contribution in [0.25, 0.3) is 0 Å². The molecular formula is C6H9ClN4O. The molecule has 2 amide bonds. The molecule has 6 heteroatoms. The molecule has 66 valence electrons. The number of primary amides is 1. The van der Waals surface area contributed by atoms with E-state index in [1.807, 2.05) is 0 Å². The number of nitrogens with zero attached hydrogens (tertiary/aromatic N) is 2. The molecule has 0 atom stereocenters. The van der Waals surface area contributed by atoms with Crippen molar-refractivity contribution >= 4 is 17.6 Å². The molecule has 5 nitrogen and oxygen atoms in total. The third-order valence-corrected chi connectivity index (χ3v) is 1.80. The Morgan fingerprint density at radius 2 is 2.58 bits per heavy atom. The van der Waals surface area contributed by atoms with Crippen molar-refractivity contribution < 1.29 is 4.79 Å². The third-order valence-electron chi connectivity index (χ3n) is 1.45. The number of aromatic nitrogens is 2. The van der Waals surface area contributed by atoms with Gasteiger partial charge in [-0.1, -0.05) is 11.6 Å². The predicted molar refractivity (Wildman–Crippen MR) is 44.6 cm³/mol. The van der Waals surface area contributed by atoms with Crippen molar-refractivity contribution in [2.24, 2.45) is 12.8 Å². The molecule has 0 spiro atoms. The van der Waals surface area contributed by atoms with Crippen LogP contribution in [-0.2, 0) is 13.6 Å². The second-order valence-corrected chi connectivity index (χ2v) is 2.66. The van der Waals surface area contributed by atoms with Crippen LogP contribution in [0.4, 0.5) is 4.79 Å². The molecule has 0 saturated heterocycles. The largest absolute Gasteiger partial charge is 0.352 e. The predicted octanol–water partition coefficient (Wildman–Crippen LogP) is 0.242. The molecular weight excluding hydrogens is 180 g/mol. The Bertz CT molecular complexity index is 296. The standard InChI is InChI=1S/C6H9ClN4O/c1-11-4(7)2-9-5(11)3-10-6(8)12/h2H,3H2,1H3,(H3,8,10,12). The van der Waals surface area contributed by atoms with Crippen molar-refractivity contribution in [3.05, 3.63) is 17.2 Å². The molecule has 0 aromatic carbocycles. The van der Waals surface area contributed by atoms with Crippen LogP contribution < -0.4 is 11.1 Å². The lowest BCUT2D eigenvalue weighted by Crippen LogP contribution is -2.29. The highest BCUT2D eigenvalue weighted by molar-refractivity contribution is 6.29. The summed E-state index contributed by atoms with van der Waals surface area (Å²) in [5.74, 6) is 0.666. The SMILES string of the molecule is Cn1c(Cl)cnc1CNC(N)=O. The Balaban J connectivity index is 2.63. The number of imidazole rings is 1. The Morgan fingerprint density at radius 3 is 3.00 bits per heavy atom. The van der Waals surface area contributed by atoms with Crippen LogP contribution in [0.15, 0.2) is 6.20 Å². The van der Waals surface area contributed by atoms with Gasteiger partial charge in [-0.25, -0.2) is 9.78 Å². The first-order chi connectivity index (χ1) is 5.61. The smallest absolute Gasteiger partial charge is 0.312 e. The summed E-state index contributed by atoms with van der Waals surface area (Å²) in [6.07, 6.45) is 1.51. The van der Waals surface area contributed by atoms with E-state index in [1.54, 1.807) is 11.6 Å². The summed E-state index contributed by atoms with van der Waals surface area (Å²) in [5.41, 5.74) is 4.88.